The van der Waals surface area contributed by atoms with Gasteiger partial charge >= 0.3 is 23.1 Å². The molecule has 15 heteroatoms. The van der Waals surface area contributed by atoms with Crippen LogP contribution in [0.5, 0.6) is 17.2 Å². The topological polar surface area (TPSA) is 83.5 Å². The monoisotopic (exact) mass is 1260 g/mol. The SMILES string of the molecule is C1CCOC1.C1CCOC1.CCCCCC1CC=C(c2ccc(OCC)c(Cl)c2F)CC1.CCCCCC1CCC(=O)CC1.CCCCCC1CCC(O)(c2ccc(OCC)c(Cl)c2F)CC1.CCOc1ccc(Br)c(F)c1Cl.[H-].[H-].[Mg+2]. The Kier molecular flexibility index (Phi) is 40.7. The van der Waals surface area contributed by atoms with E-state index >= 15 is 0 Å². The fourth-order valence-electron chi connectivity index (χ4n) is 10.4. The number of ketones is 1. The maximum absolute atomic E-state index is 14.6. The summed E-state index contributed by atoms with van der Waals surface area (Å²) in [5, 5.41) is 11.0. The summed E-state index contributed by atoms with van der Waals surface area (Å²) in [6, 6.07) is 10.1. The molecule has 0 amide bonds. The normalized spacial score (nSPS) is 19.6. The van der Waals surface area contributed by atoms with Gasteiger partial charge in [-0.2, -0.15) is 0 Å². The van der Waals surface area contributed by atoms with Gasteiger partial charge in [-0.05, 0) is 180 Å². The van der Waals surface area contributed by atoms with Gasteiger partial charge < -0.3 is 31.6 Å². The fraction of sp³-hybridized carbons (Fsp3) is 0.677. The Morgan fingerprint density at radius 2 is 0.988 bits per heavy atom. The molecule has 3 aromatic carbocycles. The molecule has 8 rings (SSSR count). The summed E-state index contributed by atoms with van der Waals surface area (Å²) in [5.41, 5.74) is 0.951. The molecule has 0 aromatic heterocycles. The molecule has 5 aliphatic rings. The van der Waals surface area contributed by atoms with Crippen LogP contribution in [0.25, 0.3) is 5.57 Å². The zero-order valence-electron chi connectivity index (χ0n) is 51.6. The van der Waals surface area contributed by atoms with Crippen molar-refractivity contribution in [1.82, 2.24) is 0 Å². The molecule has 2 saturated carbocycles. The molecule has 2 aliphatic heterocycles. The summed E-state index contributed by atoms with van der Waals surface area (Å²) in [6.45, 7) is 17.6. The van der Waals surface area contributed by atoms with Crippen LogP contribution in [-0.2, 0) is 19.9 Å². The Bertz CT molecular complexity index is 2170. The number of carbonyl (C=O) groups is 1. The molecule has 1 N–H and O–H groups in total. The number of hydrogen-bond acceptors (Lipinski definition) is 7. The molecule has 0 bridgehead atoms. The number of rotatable bonds is 20. The van der Waals surface area contributed by atoms with Crippen LogP contribution in [0.15, 0.2) is 46.9 Å². The van der Waals surface area contributed by atoms with E-state index in [0.29, 0.717) is 77.2 Å². The van der Waals surface area contributed by atoms with Gasteiger partial charge in [-0.25, -0.2) is 13.2 Å². The van der Waals surface area contributed by atoms with E-state index in [1.165, 1.54) is 116 Å². The number of carbonyl (C=O) groups excluding carboxylic acids is 1. The molecule has 452 valence electrons. The van der Waals surface area contributed by atoms with Crippen LogP contribution >= 0.6 is 50.7 Å². The third-order valence-electron chi connectivity index (χ3n) is 15.3. The molecule has 2 saturated heterocycles. The molecule has 3 aliphatic carbocycles. The van der Waals surface area contributed by atoms with Gasteiger partial charge in [0.05, 0.1) is 29.9 Å². The third kappa shape index (κ3) is 27.5. The Morgan fingerprint density at radius 3 is 1.41 bits per heavy atom. The number of ether oxygens (including phenoxy) is 5. The molecule has 7 nitrogen and oxygen atoms in total. The van der Waals surface area contributed by atoms with Crippen LogP contribution < -0.4 is 14.2 Å². The minimum Gasteiger partial charge on any atom is -1.00 e. The predicted octanol–water partition coefficient (Wildman–Crippen LogP) is 20.9. The molecule has 1 unspecified atom stereocenters. The van der Waals surface area contributed by atoms with Gasteiger partial charge in [-0.3, -0.25) is 4.79 Å². The first-order valence-electron chi connectivity index (χ1n) is 30.2. The van der Waals surface area contributed by atoms with Crippen LogP contribution in [-0.4, -0.2) is 80.2 Å². The van der Waals surface area contributed by atoms with E-state index in [9.17, 15) is 23.1 Å². The van der Waals surface area contributed by atoms with Gasteiger partial charge in [-0.1, -0.05) is 139 Å². The number of Topliss-reactive ketones (excluding diaryl/α,β-unsaturated/α-hetero) is 1. The Labute approximate surface area is 523 Å². The van der Waals surface area contributed by atoms with E-state index in [-0.39, 0.29) is 46.8 Å². The number of allylic oxidation sites excluding steroid dienone is 2. The van der Waals surface area contributed by atoms with Crippen molar-refractivity contribution < 1.29 is 49.6 Å². The first-order valence-corrected chi connectivity index (χ1v) is 32.2. The summed E-state index contributed by atoms with van der Waals surface area (Å²) in [5.74, 6) is 2.55. The van der Waals surface area contributed by atoms with Gasteiger partial charge in [0.1, 0.15) is 38.1 Å². The van der Waals surface area contributed by atoms with Gasteiger partial charge in [0.15, 0.2) is 17.5 Å². The predicted molar refractivity (Wildman–Crippen MR) is 334 cm³/mol. The molecular weight excluding hydrogens is 1160 g/mol. The second kappa shape index (κ2) is 43.8. The number of hydrogen-bond donors (Lipinski definition) is 1. The number of halogens is 7. The van der Waals surface area contributed by atoms with Gasteiger partial charge in [0.2, 0.25) is 0 Å². The van der Waals surface area contributed by atoms with E-state index in [0.717, 1.165) is 88.8 Å². The van der Waals surface area contributed by atoms with Crippen molar-refractivity contribution in [1.29, 1.82) is 0 Å². The minimum absolute atomic E-state index is 0. The van der Waals surface area contributed by atoms with Crippen molar-refractivity contribution in [3.8, 4) is 17.2 Å². The Balaban J connectivity index is 0.00000102. The Hall–Kier alpha value is -1.74. The van der Waals surface area contributed by atoms with Crippen molar-refractivity contribution >= 4 is 85.1 Å². The number of benzene rings is 3. The zero-order chi connectivity index (χ0) is 57.8. The average Bonchev–Trinajstić information content (AvgIpc) is 4.31. The van der Waals surface area contributed by atoms with E-state index < -0.39 is 17.2 Å². The minimum atomic E-state index is -1.10. The maximum atomic E-state index is 14.6. The largest absolute Gasteiger partial charge is 2.00 e. The Morgan fingerprint density at radius 1 is 0.575 bits per heavy atom. The zero-order valence-corrected chi connectivity index (χ0v) is 54.8. The molecule has 0 spiro atoms. The van der Waals surface area contributed by atoms with Crippen LogP contribution in [0.2, 0.25) is 15.1 Å². The standard InChI is InChI=1S/C19H28ClFO2.C19H26ClFO.C11H20O.C8H7BrClFO.2C4H8O.Mg.2H/c1-3-5-6-7-14-10-12-19(22,13-11-14)15-8-9-16(23-4-2)17(20)18(15)21;1-3-5-6-7-14-8-10-15(11-9-14)16-12-13-17(22-4-2)18(20)19(16)21;1-2-3-4-5-10-6-8-11(12)9-7-10;1-2-12-6-4-3-5(9)8(11)7(6)10;2*1-2-4-5-3-1;;;/h8-9,14,22H,3-7,10-13H2,1-2H3;10,12-14H,3-9,11H2,1-2H3;10H,2-9H2,1H3;3-4H,2H2,1H3;2*1-4H2;;;/q;;;;;;+2;2*-1. The molecule has 0 radical (unpaired) electrons. The number of unbranched alkanes of at least 4 members (excludes halogenated alkanes) is 6. The second-order valence-corrected chi connectivity index (χ2v) is 23.4. The van der Waals surface area contributed by atoms with Crippen LogP contribution in [0.1, 0.15) is 229 Å². The fourth-order valence-corrected chi connectivity index (χ4v) is 11.5. The first kappa shape index (κ1) is 74.4. The van der Waals surface area contributed by atoms with Crippen LogP contribution in [0.3, 0.4) is 0 Å². The second-order valence-electron chi connectivity index (χ2n) is 21.4. The molecule has 80 heavy (non-hydrogen) atoms. The first-order chi connectivity index (χ1) is 38.2. The van der Waals surface area contributed by atoms with Crippen molar-refractivity contribution in [2.45, 2.75) is 221 Å². The third-order valence-corrected chi connectivity index (χ3v) is 16.9. The van der Waals surface area contributed by atoms with Crippen LogP contribution in [0, 0.1) is 35.2 Å². The molecule has 1 atom stereocenters. The molecular formula is C65H99BrCl3F3MgO7. The summed E-state index contributed by atoms with van der Waals surface area (Å²) in [7, 11) is 0. The quantitative estimate of drug-likeness (QED) is 0.0685. The smallest absolute Gasteiger partial charge is 1.00 e. The molecule has 3 aromatic rings. The van der Waals surface area contributed by atoms with E-state index in [1.807, 2.05) is 20.8 Å². The molecule has 4 fully saturated rings. The summed E-state index contributed by atoms with van der Waals surface area (Å²) >= 11 is 20.8. The number of aliphatic hydroxyl groups is 1. The van der Waals surface area contributed by atoms with E-state index in [2.05, 4.69) is 42.8 Å². The van der Waals surface area contributed by atoms with Crippen molar-refractivity contribution in [2.24, 2.45) is 17.8 Å². The van der Waals surface area contributed by atoms with Crippen molar-refractivity contribution in [3.63, 3.8) is 0 Å². The average molecular weight is 1260 g/mol. The molecule has 2 heterocycles. The van der Waals surface area contributed by atoms with Gasteiger partial charge in [-0.15, -0.1) is 0 Å². The van der Waals surface area contributed by atoms with Crippen LogP contribution in [0.4, 0.5) is 13.2 Å². The van der Waals surface area contributed by atoms with Gasteiger partial charge in [0, 0.05) is 50.4 Å². The van der Waals surface area contributed by atoms with Crippen molar-refractivity contribution in [3.05, 3.63) is 90.6 Å². The van der Waals surface area contributed by atoms with E-state index in [4.69, 9.17) is 58.5 Å². The summed E-state index contributed by atoms with van der Waals surface area (Å²) < 4.78 is 68.1. The summed E-state index contributed by atoms with van der Waals surface area (Å²) in [6.07, 6.45) is 33.2. The van der Waals surface area contributed by atoms with E-state index in [1.54, 1.807) is 36.4 Å². The van der Waals surface area contributed by atoms with Crippen molar-refractivity contribution in [2.75, 3.05) is 46.2 Å². The van der Waals surface area contributed by atoms with Gasteiger partial charge in [0.25, 0.3) is 0 Å². The summed E-state index contributed by atoms with van der Waals surface area (Å²) in [4.78, 5) is 10.9. The maximum Gasteiger partial charge on any atom is 2.00 e.